The molecule has 0 amide bonds. The summed E-state index contributed by atoms with van der Waals surface area (Å²) in [6.07, 6.45) is -5.03. The lowest BCUT2D eigenvalue weighted by Gasteiger charge is -2.30. The van der Waals surface area contributed by atoms with Gasteiger partial charge in [-0.05, 0) is 0 Å². The summed E-state index contributed by atoms with van der Waals surface area (Å²) in [5.74, 6) is -2.09. The number of ether oxygens (including phenoxy) is 1. The molecule has 1 aromatic rings. The van der Waals surface area contributed by atoms with Crippen LogP contribution in [0.2, 0.25) is 0 Å². The van der Waals surface area contributed by atoms with Gasteiger partial charge in [0.25, 0.3) is 5.60 Å². The van der Waals surface area contributed by atoms with Gasteiger partial charge < -0.3 is 9.84 Å². The fourth-order valence-electron chi connectivity index (χ4n) is 1.40. The first kappa shape index (κ1) is 12.5. The van der Waals surface area contributed by atoms with Crippen LogP contribution in [0.4, 0.5) is 13.2 Å². The van der Waals surface area contributed by atoms with E-state index in [2.05, 4.69) is 4.74 Å². The lowest BCUT2D eigenvalue weighted by Crippen LogP contribution is -2.50. The Labute approximate surface area is 89.5 Å². The molecule has 0 aliphatic rings. The summed E-state index contributed by atoms with van der Waals surface area (Å²) in [6, 6.07) is 6.24. The van der Waals surface area contributed by atoms with Crippen LogP contribution in [0.5, 0.6) is 0 Å². The van der Waals surface area contributed by atoms with Crippen molar-refractivity contribution in [2.75, 3.05) is 7.11 Å². The van der Waals surface area contributed by atoms with Crippen LogP contribution in [0, 0.1) is 0 Å². The van der Waals surface area contributed by atoms with Crippen molar-refractivity contribution in [3.8, 4) is 0 Å². The Bertz CT molecular complexity index is 375. The van der Waals surface area contributed by atoms with Crippen molar-refractivity contribution < 1.29 is 27.8 Å². The van der Waals surface area contributed by atoms with Crippen molar-refractivity contribution >= 4 is 5.97 Å². The molecule has 6 heteroatoms. The Kier molecular flexibility index (Phi) is 3.23. The SMILES string of the molecule is CO[C@@](C(=O)O)(c1ccccc1)C(F)(F)F. The number of benzene rings is 1. The van der Waals surface area contributed by atoms with Crippen LogP contribution >= 0.6 is 0 Å². The van der Waals surface area contributed by atoms with Crippen molar-refractivity contribution in [2.45, 2.75) is 11.8 Å². The second-order valence-electron chi connectivity index (χ2n) is 3.05. The third-order valence-corrected chi connectivity index (χ3v) is 2.19. The molecule has 16 heavy (non-hydrogen) atoms. The number of hydrogen-bond donors (Lipinski definition) is 1. The van der Waals surface area contributed by atoms with Crippen LogP contribution in [-0.2, 0) is 15.1 Å². The normalized spacial score (nSPS) is 15.5. The molecule has 0 aliphatic carbocycles. The Hall–Kier alpha value is -1.56. The quantitative estimate of drug-likeness (QED) is 0.871. The molecule has 0 saturated heterocycles. The van der Waals surface area contributed by atoms with Gasteiger partial charge in [0.1, 0.15) is 0 Å². The van der Waals surface area contributed by atoms with Gasteiger partial charge in [-0.25, -0.2) is 4.79 Å². The second kappa shape index (κ2) is 4.13. The summed E-state index contributed by atoms with van der Waals surface area (Å²) in [6.45, 7) is 0. The molecule has 3 nitrogen and oxygen atoms in total. The Morgan fingerprint density at radius 3 is 2.06 bits per heavy atom. The number of rotatable bonds is 3. The zero-order chi connectivity index (χ0) is 12.4. The molecular formula is C10H9F3O3. The van der Waals surface area contributed by atoms with Crippen LogP contribution in [0.3, 0.4) is 0 Å². The fraction of sp³-hybridized carbons (Fsp3) is 0.300. The average molecular weight is 234 g/mol. The van der Waals surface area contributed by atoms with Crippen molar-refractivity contribution in [3.63, 3.8) is 0 Å². The molecule has 0 fully saturated rings. The predicted molar refractivity (Wildman–Crippen MR) is 48.8 cm³/mol. The highest BCUT2D eigenvalue weighted by Gasteiger charge is 2.63. The topological polar surface area (TPSA) is 46.5 Å². The average Bonchev–Trinajstić information content (AvgIpc) is 2.18. The van der Waals surface area contributed by atoms with Crippen LogP contribution < -0.4 is 0 Å². The molecule has 0 radical (unpaired) electrons. The van der Waals surface area contributed by atoms with Crippen LogP contribution in [-0.4, -0.2) is 24.4 Å². The summed E-state index contributed by atoms with van der Waals surface area (Å²) in [5, 5.41) is 8.77. The number of carbonyl (C=O) groups is 1. The Morgan fingerprint density at radius 1 is 1.25 bits per heavy atom. The van der Waals surface area contributed by atoms with Crippen molar-refractivity contribution in [3.05, 3.63) is 35.9 Å². The molecule has 1 aromatic carbocycles. The largest absolute Gasteiger partial charge is 0.479 e. The monoisotopic (exact) mass is 234 g/mol. The van der Waals surface area contributed by atoms with Gasteiger partial charge in [-0.1, -0.05) is 30.3 Å². The number of alkyl halides is 3. The maximum Gasteiger partial charge on any atom is 0.432 e. The van der Waals surface area contributed by atoms with Gasteiger partial charge in [0.15, 0.2) is 0 Å². The maximum absolute atomic E-state index is 12.8. The zero-order valence-electron chi connectivity index (χ0n) is 8.28. The van der Waals surface area contributed by atoms with Crippen LogP contribution in [0.25, 0.3) is 0 Å². The van der Waals surface area contributed by atoms with Crippen LogP contribution in [0.1, 0.15) is 5.56 Å². The molecule has 0 aliphatic heterocycles. The van der Waals surface area contributed by atoms with Gasteiger partial charge in [0.05, 0.1) is 0 Å². The van der Waals surface area contributed by atoms with E-state index in [-0.39, 0.29) is 0 Å². The van der Waals surface area contributed by atoms with E-state index in [1.54, 1.807) is 0 Å². The Morgan fingerprint density at radius 2 is 1.75 bits per heavy atom. The third kappa shape index (κ3) is 1.76. The first-order valence-electron chi connectivity index (χ1n) is 4.27. The van der Waals surface area contributed by atoms with Crippen molar-refractivity contribution in [2.24, 2.45) is 0 Å². The van der Waals surface area contributed by atoms with Crippen molar-refractivity contribution in [1.29, 1.82) is 0 Å². The van der Waals surface area contributed by atoms with Gasteiger partial charge >= 0.3 is 12.1 Å². The van der Waals surface area contributed by atoms with Gasteiger partial charge in [-0.15, -0.1) is 0 Å². The predicted octanol–water partition coefficient (Wildman–Crippen LogP) is 2.18. The van der Waals surface area contributed by atoms with E-state index in [1.165, 1.54) is 18.2 Å². The van der Waals surface area contributed by atoms with Gasteiger partial charge in [-0.3, -0.25) is 0 Å². The molecule has 0 saturated carbocycles. The maximum atomic E-state index is 12.8. The number of halogens is 3. The molecule has 88 valence electrons. The van der Waals surface area contributed by atoms with E-state index in [1.807, 2.05) is 0 Å². The van der Waals surface area contributed by atoms with E-state index in [4.69, 9.17) is 5.11 Å². The lowest BCUT2D eigenvalue weighted by molar-refractivity contribution is -0.273. The number of hydrogen-bond acceptors (Lipinski definition) is 2. The smallest absolute Gasteiger partial charge is 0.432 e. The van der Waals surface area contributed by atoms with Gasteiger partial charge in [-0.2, -0.15) is 13.2 Å². The minimum absolute atomic E-state index is 0.461. The second-order valence-corrected chi connectivity index (χ2v) is 3.05. The van der Waals surface area contributed by atoms with Crippen LogP contribution in [0.15, 0.2) is 30.3 Å². The molecule has 0 bridgehead atoms. The summed E-state index contributed by atoms with van der Waals surface area (Å²) in [5.41, 5.74) is -3.77. The van der Waals surface area contributed by atoms with E-state index in [9.17, 15) is 18.0 Å². The molecular weight excluding hydrogens is 225 g/mol. The third-order valence-electron chi connectivity index (χ3n) is 2.19. The first-order valence-corrected chi connectivity index (χ1v) is 4.27. The summed E-state index contributed by atoms with van der Waals surface area (Å²) in [7, 11) is 0.717. The lowest BCUT2D eigenvalue weighted by atomic mass is 9.93. The highest BCUT2D eigenvalue weighted by Crippen LogP contribution is 2.41. The summed E-state index contributed by atoms with van der Waals surface area (Å²) < 4.78 is 42.6. The molecule has 0 spiro atoms. The Balaban J connectivity index is 3.42. The van der Waals surface area contributed by atoms with E-state index < -0.39 is 23.3 Å². The minimum atomic E-state index is -5.03. The molecule has 0 heterocycles. The van der Waals surface area contributed by atoms with E-state index in [0.29, 0.717) is 7.11 Å². The standard InChI is InChI=1S/C10H9F3O3/c1-16-9(8(14)15,10(11,12)13)7-5-3-2-4-6-7/h2-6H,1H3,(H,14,15)/t9-/m1/s1. The highest BCUT2D eigenvalue weighted by molar-refractivity contribution is 5.80. The number of aliphatic carboxylic acids is 1. The molecule has 0 unspecified atom stereocenters. The molecule has 1 rings (SSSR count). The minimum Gasteiger partial charge on any atom is -0.479 e. The highest BCUT2D eigenvalue weighted by atomic mass is 19.4. The fourth-order valence-corrected chi connectivity index (χ4v) is 1.40. The zero-order valence-corrected chi connectivity index (χ0v) is 8.28. The molecule has 0 aromatic heterocycles. The van der Waals surface area contributed by atoms with Gasteiger partial charge in [0.2, 0.25) is 0 Å². The van der Waals surface area contributed by atoms with E-state index >= 15 is 0 Å². The molecule has 1 atom stereocenters. The summed E-state index contributed by atoms with van der Waals surface area (Å²) in [4.78, 5) is 10.9. The summed E-state index contributed by atoms with van der Waals surface area (Å²) >= 11 is 0. The number of carboxylic acids is 1. The van der Waals surface area contributed by atoms with Gasteiger partial charge in [0, 0.05) is 12.7 Å². The molecule has 1 N–H and O–H groups in total. The van der Waals surface area contributed by atoms with Crippen molar-refractivity contribution in [1.82, 2.24) is 0 Å². The van der Waals surface area contributed by atoms with E-state index in [0.717, 1.165) is 12.1 Å². The number of methoxy groups -OCH3 is 1. The first-order chi connectivity index (χ1) is 7.36. The number of carboxylic acid groups (broad SMARTS) is 1.